The van der Waals surface area contributed by atoms with Crippen molar-refractivity contribution < 1.29 is 13.2 Å². The molecule has 0 bridgehead atoms. The van der Waals surface area contributed by atoms with E-state index in [1.54, 1.807) is 0 Å². The van der Waals surface area contributed by atoms with Gasteiger partial charge >= 0.3 is 0 Å². The second-order valence-corrected chi connectivity index (χ2v) is 6.75. The number of nitriles is 1. The molecular weight excluding hydrogens is 240 g/mol. The van der Waals surface area contributed by atoms with E-state index < -0.39 is 10.0 Å². The molecule has 0 aliphatic carbocycles. The van der Waals surface area contributed by atoms with Crippen LogP contribution in [0.4, 0.5) is 0 Å². The normalized spacial score (nSPS) is 31.2. The average molecular weight is 258 g/mol. The first-order valence-electron chi connectivity index (χ1n) is 6.11. The monoisotopic (exact) mass is 258 g/mol. The molecule has 0 aromatic heterocycles. The molecule has 5 nitrogen and oxygen atoms in total. The van der Waals surface area contributed by atoms with Gasteiger partial charge in [-0.05, 0) is 25.7 Å². The van der Waals surface area contributed by atoms with Crippen LogP contribution in [0.5, 0.6) is 0 Å². The van der Waals surface area contributed by atoms with Gasteiger partial charge < -0.3 is 4.74 Å². The third-order valence-corrected chi connectivity index (χ3v) is 5.29. The zero-order chi connectivity index (χ0) is 12.3. The molecule has 6 heteroatoms. The largest absolute Gasteiger partial charge is 0.377 e. The van der Waals surface area contributed by atoms with Gasteiger partial charge in [-0.2, -0.15) is 5.26 Å². The van der Waals surface area contributed by atoms with E-state index in [1.807, 2.05) is 0 Å². The summed E-state index contributed by atoms with van der Waals surface area (Å²) in [5.74, 6) is -0.0754. The lowest BCUT2D eigenvalue weighted by atomic mass is 10.0. The number of ether oxygens (including phenoxy) is 1. The fourth-order valence-corrected chi connectivity index (χ4v) is 4.17. The molecule has 0 aromatic carbocycles. The molecule has 2 aliphatic heterocycles. The first-order valence-corrected chi connectivity index (χ1v) is 7.72. The standard InChI is InChI=1S/C11H18N2O3S/c12-7-10-3-1-5-13(8-10)17(14,15)9-11-4-2-6-16-11/h10-11H,1-6,8-9H2. The smallest absolute Gasteiger partial charge is 0.216 e. The van der Waals surface area contributed by atoms with Gasteiger partial charge in [0.2, 0.25) is 10.0 Å². The molecule has 2 aliphatic rings. The molecule has 2 atom stereocenters. The lowest BCUT2D eigenvalue weighted by molar-refractivity contribution is 0.126. The lowest BCUT2D eigenvalue weighted by Crippen LogP contribution is -2.42. The minimum Gasteiger partial charge on any atom is -0.377 e. The molecule has 0 amide bonds. The Morgan fingerprint density at radius 1 is 1.35 bits per heavy atom. The van der Waals surface area contributed by atoms with Gasteiger partial charge in [0.25, 0.3) is 0 Å². The Morgan fingerprint density at radius 2 is 2.18 bits per heavy atom. The van der Waals surface area contributed by atoms with E-state index >= 15 is 0 Å². The van der Waals surface area contributed by atoms with Crippen LogP contribution in [0.3, 0.4) is 0 Å². The molecule has 0 spiro atoms. The van der Waals surface area contributed by atoms with Crippen LogP contribution in [-0.4, -0.2) is 44.3 Å². The summed E-state index contributed by atoms with van der Waals surface area (Å²) >= 11 is 0. The van der Waals surface area contributed by atoms with Crippen LogP contribution in [0, 0.1) is 17.2 Å². The molecule has 96 valence electrons. The molecule has 2 unspecified atom stereocenters. The van der Waals surface area contributed by atoms with Crippen LogP contribution in [0.25, 0.3) is 0 Å². The minimum atomic E-state index is -3.25. The predicted octanol–water partition coefficient (Wildman–Crippen LogP) is 0.731. The second kappa shape index (κ2) is 5.34. The summed E-state index contributed by atoms with van der Waals surface area (Å²) in [4.78, 5) is 0. The summed E-state index contributed by atoms with van der Waals surface area (Å²) in [6.07, 6.45) is 3.21. The molecule has 0 radical (unpaired) electrons. The highest BCUT2D eigenvalue weighted by molar-refractivity contribution is 7.89. The topological polar surface area (TPSA) is 70.4 Å². The Kier molecular flexibility index (Phi) is 4.02. The van der Waals surface area contributed by atoms with E-state index in [4.69, 9.17) is 10.00 Å². The first-order chi connectivity index (χ1) is 8.12. The van der Waals surface area contributed by atoms with Gasteiger partial charge in [-0.15, -0.1) is 0 Å². The maximum absolute atomic E-state index is 12.1. The second-order valence-electron chi connectivity index (χ2n) is 4.74. The molecule has 17 heavy (non-hydrogen) atoms. The molecule has 2 rings (SSSR count). The van der Waals surface area contributed by atoms with Gasteiger partial charge in [-0.25, -0.2) is 12.7 Å². The molecular formula is C11H18N2O3S. The number of sulfonamides is 1. The van der Waals surface area contributed by atoms with Crippen molar-refractivity contribution in [1.82, 2.24) is 4.31 Å². The van der Waals surface area contributed by atoms with Crippen molar-refractivity contribution in [2.75, 3.05) is 25.4 Å². The Hall–Kier alpha value is -0.640. The van der Waals surface area contributed by atoms with Crippen molar-refractivity contribution in [3.05, 3.63) is 0 Å². The Morgan fingerprint density at radius 3 is 2.82 bits per heavy atom. The van der Waals surface area contributed by atoms with E-state index in [0.717, 1.165) is 25.7 Å². The van der Waals surface area contributed by atoms with Gasteiger partial charge in [0.05, 0.1) is 23.8 Å². The summed E-state index contributed by atoms with van der Waals surface area (Å²) in [6, 6.07) is 2.16. The third-order valence-electron chi connectivity index (χ3n) is 3.38. The summed E-state index contributed by atoms with van der Waals surface area (Å²) < 4.78 is 31.1. The number of piperidine rings is 1. The van der Waals surface area contributed by atoms with Crippen molar-refractivity contribution in [3.8, 4) is 6.07 Å². The highest BCUT2D eigenvalue weighted by Gasteiger charge is 2.32. The maximum Gasteiger partial charge on any atom is 0.216 e. The van der Waals surface area contributed by atoms with Gasteiger partial charge in [0, 0.05) is 19.7 Å². The number of hydrogen-bond donors (Lipinski definition) is 0. The van der Waals surface area contributed by atoms with E-state index in [9.17, 15) is 8.42 Å². The van der Waals surface area contributed by atoms with E-state index in [0.29, 0.717) is 19.7 Å². The van der Waals surface area contributed by atoms with Crippen LogP contribution in [-0.2, 0) is 14.8 Å². The average Bonchev–Trinajstić information content (AvgIpc) is 2.81. The van der Waals surface area contributed by atoms with Gasteiger partial charge in [-0.1, -0.05) is 0 Å². The SMILES string of the molecule is N#CC1CCCN(S(=O)(=O)CC2CCCO2)C1. The van der Waals surface area contributed by atoms with Gasteiger partial charge in [0.15, 0.2) is 0 Å². The summed E-state index contributed by atoms with van der Waals surface area (Å²) in [7, 11) is -3.25. The molecule has 2 fully saturated rings. The highest BCUT2D eigenvalue weighted by Crippen LogP contribution is 2.21. The number of nitrogens with zero attached hydrogens (tertiary/aromatic N) is 2. The fourth-order valence-electron chi connectivity index (χ4n) is 2.42. The predicted molar refractivity (Wildman–Crippen MR) is 62.7 cm³/mol. The first kappa shape index (κ1) is 12.8. The quantitative estimate of drug-likeness (QED) is 0.748. The van der Waals surface area contributed by atoms with Gasteiger partial charge in [-0.3, -0.25) is 0 Å². The van der Waals surface area contributed by atoms with Crippen LogP contribution < -0.4 is 0 Å². The third kappa shape index (κ3) is 3.18. The molecule has 0 aromatic rings. The summed E-state index contributed by atoms with van der Waals surface area (Å²) in [6.45, 7) is 1.57. The summed E-state index contributed by atoms with van der Waals surface area (Å²) in [5.41, 5.74) is 0. The van der Waals surface area contributed by atoms with Crippen molar-refractivity contribution in [2.45, 2.75) is 31.8 Å². The van der Waals surface area contributed by atoms with E-state index in [2.05, 4.69) is 6.07 Å². The zero-order valence-electron chi connectivity index (χ0n) is 9.84. The van der Waals surface area contributed by atoms with Crippen LogP contribution in [0.2, 0.25) is 0 Å². The van der Waals surface area contributed by atoms with Crippen LogP contribution >= 0.6 is 0 Å². The lowest BCUT2D eigenvalue weighted by Gasteiger charge is -2.29. The maximum atomic E-state index is 12.1. The van der Waals surface area contributed by atoms with E-state index in [-0.39, 0.29) is 17.8 Å². The number of hydrogen-bond acceptors (Lipinski definition) is 4. The van der Waals surface area contributed by atoms with Crippen molar-refractivity contribution in [1.29, 1.82) is 5.26 Å². The summed E-state index contributed by atoms with van der Waals surface area (Å²) in [5, 5.41) is 8.86. The Labute approximate surface area is 102 Å². The van der Waals surface area contributed by atoms with Gasteiger partial charge in [0.1, 0.15) is 0 Å². The Bertz CT molecular complexity index is 395. The van der Waals surface area contributed by atoms with E-state index in [1.165, 1.54) is 4.31 Å². The molecule has 0 saturated carbocycles. The number of rotatable bonds is 3. The molecule has 0 N–H and O–H groups in total. The van der Waals surface area contributed by atoms with Crippen LogP contribution in [0.1, 0.15) is 25.7 Å². The Balaban J connectivity index is 1.97. The van der Waals surface area contributed by atoms with Crippen molar-refractivity contribution in [2.24, 2.45) is 5.92 Å². The zero-order valence-corrected chi connectivity index (χ0v) is 10.7. The van der Waals surface area contributed by atoms with Crippen molar-refractivity contribution in [3.63, 3.8) is 0 Å². The fraction of sp³-hybridized carbons (Fsp3) is 0.909. The minimum absolute atomic E-state index is 0.0746. The molecule has 2 heterocycles. The van der Waals surface area contributed by atoms with Crippen LogP contribution in [0.15, 0.2) is 0 Å². The molecule has 2 saturated heterocycles. The van der Waals surface area contributed by atoms with Crippen molar-refractivity contribution >= 4 is 10.0 Å². The highest BCUT2D eigenvalue weighted by atomic mass is 32.2.